The van der Waals surface area contributed by atoms with Crippen LogP contribution in [0.5, 0.6) is 0 Å². The van der Waals surface area contributed by atoms with Gasteiger partial charge in [0.1, 0.15) is 0 Å². The number of nitrogens with zero attached hydrogens (tertiary/aromatic N) is 2. The molecule has 1 amide bonds. The number of rotatable bonds is 1. The fourth-order valence-electron chi connectivity index (χ4n) is 1.82. The molecule has 0 bridgehead atoms. The van der Waals surface area contributed by atoms with Gasteiger partial charge in [0.2, 0.25) is 0 Å². The Morgan fingerprint density at radius 3 is 2.18 bits per heavy atom. The molecule has 1 aromatic rings. The molecule has 4 nitrogen and oxygen atoms in total. The predicted octanol–water partition coefficient (Wildman–Crippen LogP) is -1.78. The SMILES string of the molecule is CC1=C([n+]2ccccc2)C(=O)N(O)C1(C)C.[Cl-]. The third-order valence-corrected chi connectivity index (χ3v) is 3.17. The van der Waals surface area contributed by atoms with Gasteiger partial charge in [-0.05, 0) is 20.8 Å². The fraction of sp³-hybridized carbons (Fsp3) is 0.333. The van der Waals surface area contributed by atoms with Crippen molar-refractivity contribution in [2.45, 2.75) is 26.3 Å². The number of hydroxylamine groups is 2. The minimum Gasteiger partial charge on any atom is -1.00 e. The molecular formula is C12H15ClN2O2. The monoisotopic (exact) mass is 254 g/mol. The Bertz CT molecular complexity index is 469. The van der Waals surface area contributed by atoms with E-state index in [4.69, 9.17) is 0 Å². The first-order chi connectivity index (χ1) is 7.46. The molecule has 5 heteroatoms. The summed E-state index contributed by atoms with van der Waals surface area (Å²) >= 11 is 0. The van der Waals surface area contributed by atoms with Gasteiger partial charge in [0.25, 0.3) is 5.70 Å². The summed E-state index contributed by atoms with van der Waals surface area (Å²) in [4.78, 5) is 11.9. The summed E-state index contributed by atoms with van der Waals surface area (Å²) in [5.41, 5.74) is 0.735. The minimum absolute atomic E-state index is 0. The molecule has 1 aromatic heterocycles. The zero-order valence-electron chi connectivity index (χ0n) is 10.0. The maximum atomic E-state index is 11.9. The summed E-state index contributed by atoms with van der Waals surface area (Å²) in [6, 6.07) is 5.58. The van der Waals surface area contributed by atoms with E-state index in [1.165, 1.54) is 0 Å². The van der Waals surface area contributed by atoms with Crippen LogP contribution >= 0.6 is 0 Å². The van der Waals surface area contributed by atoms with Crippen molar-refractivity contribution in [3.8, 4) is 0 Å². The first-order valence-electron chi connectivity index (χ1n) is 5.17. The van der Waals surface area contributed by atoms with E-state index in [2.05, 4.69) is 0 Å². The normalized spacial score (nSPS) is 18.4. The number of amides is 1. The lowest BCUT2D eigenvalue weighted by Crippen LogP contribution is -3.00. The van der Waals surface area contributed by atoms with Crippen LogP contribution in [0.25, 0.3) is 5.70 Å². The highest BCUT2D eigenvalue weighted by molar-refractivity contribution is 6.13. The molecule has 0 saturated heterocycles. The Labute approximate surface area is 107 Å². The molecule has 1 aliphatic rings. The number of carbonyl (C=O) groups excluding carboxylic acids is 1. The number of halogens is 1. The maximum absolute atomic E-state index is 11.9. The highest BCUT2D eigenvalue weighted by Gasteiger charge is 2.47. The van der Waals surface area contributed by atoms with Crippen LogP contribution < -0.4 is 17.0 Å². The van der Waals surface area contributed by atoms with Crippen molar-refractivity contribution in [2.75, 3.05) is 0 Å². The van der Waals surface area contributed by atoms with Gasteiger partial charge in [-0.15, -0.1) is 0 Å². The van der Waals surface area contributed by atoms with Gasteiger partial charge in [-0.2, -0.15) is 4.57 Å². The van der Waals surface area contributed by atoms with Gasteiger partial charge in [-0.25, -0.2) is 5.06 Å². The van der Waals surface area contributed by atoms with Crippen LogP contribution in [-0.4, -0.2) is 21.7 Å². The van der Waals surface area contributed by atoms with Gasteiger partial charge < -0.3 is 12.4 Å². The van der Waals surface area contributed by atoms with Crippen LogP contribution in [0.4, 0.5) is 0 Å². The Morgan fingerprint density at radius 1 is 1.24 bits per heavy atom. The molecule has 92 valence electrons. The van der Waals surface area contributed by atoms with Crippen molar-refractivity contribution in [3.63, 3.8) is 0 Å². The third-order valence-electron chi connectivity index (χ3n) is 3.17. The van der Waals surface area contributed by atoms with E-state index >= 15 is 0 Å². The van der Waals surface area contributed by atoms with Gasteiger partial charge in [0.05, 0.1) is 5.54 Å². The van der Waals surface area contributed by atoms with Gasteiger partial charge in [-0.1, -0.05) is 6.07 Å². The fourth-order valence-corrected chi connectivity index (χ4v) is 1.82. The molecule has 0 spiro atoms. The smallest absolute Gasteiger partial charge is 0.343 e. The number of carbonyl (C=O) groups is 1. The second kappa shape index (κ2) is 4.47. The van der Waals surface area contributed by atoms with Crippen molar-refractivity contribution < 1.29 is 27.0 Å². The first-order valence-corrected chi connectivity index (χ1v) is 5.17. The molecule has 0 aliphatic carbocycles. The molecule has 2 heterocycles. The summed E-state index contributed by atoms with van der Waals surface area (Å²) < 4.78 is 1.73. The largest absolute Gasteiger partial charge is 1.00 e. The van der Waals surface area contributed by atoms with E-state index in [0.29, 0.717) is 5.70 Å². The van der Waals surface area contributed by atoms with Crippen molar-refractivity contribution in [1.82, 2.24) is 5.06 Å². The molecule has 17 heavy (non-hydrogen) atoms. The topological polar surface area (TPSA) is 44.4 Å². The number of hydrogen-bond donors (Lipinski definition) is 1. The van der Waals surface area contributed by atoms with E-state index in [0.717, 1.165) is 10.6 Å². The lowest BCUT2D eigenvalue weighted by atomic mass is 9.97. The van der Waals surface area contributed by atoms with Gasteiger partial charge in [0, 0.05) is 17.7 Å². The van der Waals surface area contributed by atoms with E-state index in [1.54, 1.807) is 17.0 Å². The number of hydrogen-bond acceptors (Lipinski definition) is 2. The zero-order valence-corrected chi connectivity index (χ0v) is 10.8. The molecule has 1 aliphatic heterocycles. The highest BCUT2D eigenvalue weighted by Crippen LogP contribution is 2.33. The molecule has 0 atom stereocenters. The van der Waals surface area contributed by atoms with E-state index in [9.17, 15) is 10.0 Å². The molecule has 0 radical (unpaired) electrons. The van der Waals surface area contributed by atoms with E-state index in [-0.39, 0.29) is 18.3 Å². The Kier molecular flexibility index (Phi) is 3.59. The summed E-state index contributed by atoms with van der Waals surface area (Å²) in [7, 11) is 0. The molecule has 0 aromatic carbocycles. The van der Waals surface area contributed by atoms with Crippen LogP contribution in [0.1, 0.15) is 20.8 Å². The number of aromatic nitrogens is 1. The van der Waals surface area contributed by atoms with Crippen LogP contribution in [0.15, 0.2) is 36.2 Å². The quantitative estimate of drug-likeness (QED) is 0.476. The van der Waals surface area contributed by atoms with Gasteiger partial charge in [0.15, 0.2) is 12.4 Å². The Morgan fingerprint density at radius 2 is 1.76 bits per heavy atom. The maximum Gasteiger partial charge on any atom is 0.343 e. The van der Waals surface area contributed by atoms with Crippen LogP contribution in [-0.2, 0) is 4.79 Å². The zero-order chi connectivity index (χ0) is 11.9. The lowest BCUT2D eigenvalue weighted by Gasteiger charge is -2.25. The van der Waals surface area contributed by atoms with Crippen molar-refractivity contribution in [1.29, 1.82) is 0 Å². The summed E-state index contributed by atoms with van der Waals surface area (Å²) in [6.07, 6.45) is 3.60. The average Bonchev–Trinajstić information content (AvgIpc) is 2.42. The Balaban J connectivity index is 0.00000144. The van der Waals surface area contributed by atoms with Crippen LogP contribution in [0, 0.1) is 0 Å². The molecule has 0 unspecified atom stereocenters. The lowest BCUT2D eigenvalue weighted by molar-refractivity contribution is -0.578. The number of pyridine rings is 1. The van der Waals surface area contributed by atoms with Crippen molar-refractivity contribution in [3.05, 3.63) is 36.2 Å². The van der Waals surface area contributed by atoms with Crippen LogP contribution in [0.2, 0.25) is 0 Å². The second-order valence-electron chi connectivity index (χ2n) is 4.43. The van der Waals surface area contributed by atoms with Crippen molar-refractivity contribution in [2.24, 2.45) is 0 Å². The second-order valence-corrected chi connectivity index (χ2v) is 4.43. The van der Waals surface area contributed by atoms with Crippen LogP contribution in [0.3, 0.4) is 0 Å². The molecule has 0 fully saturated rings. The van der Waals surface area contributed by atoms with Crippen molar-refractivity contribution >= 4 is 11.6 Å². The summed E-state index contributed by atoms with van der Waals surface area (Å²) in [5, 5.41) is 10.5. The first kappa shape index (κ1) is 13.7. The molecule has 0 saturated carbocycles. The highest BCUT2D eigenvalue weighted by atomic mass is 35.5. The summed E-state index contributed by atoms with van der Waals surface area (Å²) in [6.45, 7) is 5.50. The predicted molar refractivity (Wildman–Crippen MR) is 58.2 cm³/mol. The molecule has 2 rings (SSSR count). The Hall–Kier alpha value is -1.39. The average molecular weight is 255 g/mol. The molecule has 1 N–H and O–H groups in total. The summed E-state index contributed by atoms with van der Waals surface area (Å²) in [5.74, 6) is -0.362. The van der Waals surface area contributed by atoms with Gasteiger partial charge in [-0.3, -0.25) is 10.0 Å². The van der Waals surface area contributed by atoms with Gasteiger partial charge >= 0.3 is 5.91 Å². The molecular weight excluding hydrogens is 240 g/mol. The standard InChI is InChI=1S/C12H15N2O2.ClH/c1-9-10(13-7-5-4-6-8-13)11(15)14(16)12(9,2)3;/h4-8,16H,1-3H3;1H/q+1;/p-1. The minimum atomic E-state index is -0.644. The third kappa shape index (κ3) is 1.94. The van der Waals surface area contributed by atoms with E-state index < -0.39 is 5.54 Å². The van der Waals surface area contributed by atoms with E-state index in [1.807, 2.05) is 39.0 Å².